The van der Waals surface area contributed by atoms with E-state index in [9.17, 15) is 26.0 Å². The van der Waals surface area contributed by atoms with Crippen molar-refractivity contribution < 1.29 is 26.0 Å². The fourth-order valence-electron chi connectivity index (χ4n) is 2.65. The monoisotopic (exact) mass is 479 g/mol. The molecule has 1 atom stereocenters. The average Bonchev–Trinajstić information content (AvgIpc) is 3.15. The van der Waals surface area contributed by atoms with Crippen molar-refractivity contribution in [1.29, 1.82) is 0 Å². The molecule has 0 bridgehead atoms. The zero-order valence-electron chi connectivity index (χ0n) is 15.0. The summed E-state index contributed by atoms with van der Waals surface area (Å²) in [4.78, 5) is 3.01. The van der Waals surface area contributed by atoms with Crippen LogP contribution in [0.25, 0.3) is 0 Å². The molecule has 1 aromatic heterocycles. The first-order valence-electron chi connectivity index (χ1n) is 8.35. The molecular formula is C18H14ClF4N3O2S2. The Hall–Kier alpha value is -2.37. The third-order valence-electron chi connectivity index (χ3n) is 3.93. The van der Waals surface area contributed by atoms with Gasteiger partial charge in [-0.3, -0.25) is 4.72 Å². The predicted octanol–water partition coefficient (Wildman–Crippen LogP) is 5.84. The molecule has 160 valence electrons. The second kappa shape index (κ2) is 8.78. The zero-order valence-corrected chi connectivity index (χ0v) is 17.3. The minimum Gasteiger partial charge on any atom is -0.377 e. The van der Waals surface area contributed by atoms with Crippen LogP contribution in [-0.4, -0.2) is 19.6 Å². The van der Waals surface area contributed by atoms with Crippen molar-refractivity contribution in [2.45, 2.75) is 23.5 Å². The van der Waals surface area contributed by atoms with Crippen LogP contribution in [0, 0.1) is 5.82 Å². The van der Waals surface area contributed by atoms with Crippen LogP contribution >= 0.6 is 22.9 Å². The Morgan fingerprint density at radius 3 is 2.47 bits per heavy atom. The molecule has 2 N–H and O–H groups in total. The molecule has 30 heavy (non-hydrogen) atoms. The van der Waals surface area contributed by atoms with Gasteiger partial charge in [-0.2, -0.15) is 13.2 Å². The van der Waals surface area contributed by atoms with Crippen LogP contribution in [0.1, 0.15) is 18.0 Å². The van der Waals surface area contributed by atoms with Crippen molar-refractivity contribution >= 4 is 43.8 Å². The summed E-state index contributed by atoms with van der Waals surface area (Å²) in [5.74, 6) is -1.18. The molecule has 12 heteroatoms. The van der Waals surface area contributed by atoms with E-state index in [1.807, 2.05) is 0 Å². The summed E-state index contributed by atoms with van der Waals surface area (Å²) in [6.45, 7) is 0. The van der Waals surface area contributed by atoms with E-state index in [1.54, 1.807) is 18.2 Å². The van der Waals surface area contributed by atoms with Gasteiger partial charge in [0.2, 0.25) is 0 Å². The molecule has 0 fully saturated rings. The van der Waals surface area contributed by atoms with Crippen LogP contribution < -0.4 is 10.0 Å². The molecule has 2 aromatic carbocycles. The molecule has 1 heterocycles. The fourth-order valence-corrected chi connectivity index (χ4v) is 4.80. The molecule has 1 unspecified atom stereocenters. The molecule has 3 aromatic rings. The first kappa shape index (κ1) is 22.3. The van der Waals surface area contributed by atoms with Gasteiger partial charge in [0.25, 0.3) is 10.0 Å². The number of benzene rings is 2. The normalized spacial score (nSPS) is 13.1. The van der Waals surface area contributed by atoms with Crippen molar-refractivity contribution in [1.82, 2.24) is 4.98 Å². The molecule has 0 saturated heterocycles. The van der Waals surface area contributed by atoms with Crippen LogP contribution in [0.3, 0.4) is 0 Å². The SMILES string of the molecule is O=S(=O)(Nc1nccs1)c1cc(Cl)c(NC(CC(F)(F)F)c2ccccc2)cc1F. The van der Waals surface area contributed by atoms with E-state index >= 15 is 0 Å². The number of hydrogen-bond acceptors (Lipinski definition) is 5. The van der Waals surface area contributed by atoms with E-state index in [-0.39, 0.29) is 15.8 Å². The summed E-state index contributed by atoms with van der Waals surface area (Å²) in [6.07, 6.45) is -4.37. The predicted molar refractivity (Wildman–Crippen MR) is 108 cm³/mol. The molecule has 0 radical (unpaired) electrons. The Bertz CT molecular complexity index is 1110. The summed E-state index contributed by atoms with van der Waals surface area (Å²) in [5, 5.41) is 3.87. The van der Waals surface area contributed by atoms with Gasteiger partial charge in [-0.15, -0.1) is 11.3 Å². The quantitative estimate of drug-likeness (QED) is 0.417. The van der Waals surface area contributed by atoms with Gasteiger partial charge in [-0.1, -0.05) is 41.9 Å². The van der Waals surface area contributed by atoms with Crippen LogP contribution in [0.5, 0.6) is 0 Å². The number of aromatic nitrogens is 1. The highest BCUT2D eigenvalue weighted by molar-refractivity contribution is 7.93. The second-order valence-electron chi connectivity index (χ2n) is 6.13. The molecule has 0 amide bonds. The van der Waals surface area contributed by atoms with Gasteiger partial charge in [-0.25, -0.2) is 17.8 Å². The summed E-state index contributed by atoms with van der Waals surface area (Å²) in [5.41, 5.74) is 0.147. The van der Waals surface area contributed by atoms with E-state index in [1.165, 1.54) is 23.7 Å². The van der Waals surface area contributed by atoms with E-state index < -0.39 is 39.4 Å². The fraction of sp³-hybridized carbons (Fsp3) is 0.167. The highest BCUT2D eigenvalue weighted by atomic mass is 35.5. The minimum atomic E-state index is -4.50. The lowest BCUT2D eigenvalue weighted by atomic mass is 10.0. The average molecular weight is 480 g/mol. The number of sulfonamides is 1. The Kier molecular flexibility index (Phi) is 6.53. The number of rotatable bonds is 7. The Labute approximate surface area is 178 Å². The van der Waals surface area contributed by atoms with Crippen molar-refractivity contribution in [3.8, 4) is 0 Å². The van der Waals surface area contributed by atoms with E-state index in [4.69, 9.17) is 11.6 Å². The molecule has 0 spiro atoms. The third-order valence-corrected chi connectivity index (χ3v) is 6.42. The topological polar surface area (TPSA) is 71.1 Å². The number of anilines is 2. The van der Waals surface area contributed by atoms with E-state index in [2.05, 4.69) is 15.0 Å². The Morgan fingerprint density at radius 1 is 1.17 bits per heavy atom. The van der Waals surface area contributed by atoms with Gasteiger partial charge < -0.3 is 5.32 Å². The Balaban J connectivity index is 1.91. The third kappa shape index (κ3) is 5.61. The number of nitrogens with zero attached hydrogens (tertiary/aromatic N) is 1. The Morgan fingerprint density at radius 2 is 1.87 bits per heavy atom. The van der Waals surface area contributed by atoms with Crippen molar-refractivity contribution in [2.75, 3.05) is 10.0 Å². The van der Waals surface area contributed by atoms with Crippen LogP contribution in [0.2, 0.25) is 5.02 Å². The standard InChI is InChI=1S/C18H14ClF4N3O2S2/c19-12-8-16(30(27,28)26-17-24-6-7-29-17)13(20)9-14(12)25-15(10-18(21,22)23)11-4-2-1-3-5-11/h1-9,15,25H,10H2,(H,24,26). The first-order chi connectivity index (χ1) is 14.0. The molecule has 0 saturated carbocycles. The van der Waals surface area contributed by atoms with Crippen molar-refractivity contribution in [3.05, 3.63) is 70.4 Å². The molecule has 0 aliphatic heterocycles. The molecule has 3 rings (SSSR count). The van der Waals surface area contributed by atoms with E-state index in [0.717, 1.165) is 23.5 Å². The molecule has 0 aliphatic rings. The van der Waals surface area contributed by atoms with Crippen molar-refractivity contribution in [3.63, 3.8) is 0 Å². The van der Waals surface area contributed by atoms with Crippen LogP contribution in [0.15, 0.2) is 58.9 Å². The van der Waals surface area contributed by atoms with Gasteiger partial charge in [0.15, 0.2) is 5.13 Å². The minimum absolute atomic E-state index is 0.0297. The van der Waals surface area contributed by atoms with Gasteiger partial charge in [0, 0.05) is 11.6 Å². The summed E-state index contributed by atoms with van der Waals surface area (Å²) >= 11 is 7.07. The van der Waals surface area contributed by atoms with E-state index in [0.29, 0.717) is 5.56 Å². The maximum Gasteiger partial charge on any atom is 0.391 e. The largest absolute Gasteiger partial charge is 0.391 e. The number of halogens is 5. The van der Waals surface area contributed by atoms with Gasteiger partial charge in [-0.05, 0) is 17.7 Å². The number of alkyl halides is 3. The zero-order chi connectivity index (χ0) is 21.9. The lowest BCUT2D eigenvalue weighted by Crippen LogP contribution is -2.20. The van der Waals surface area contributed by atoms with Gasteiger partial charge >= 0.3 is 6.18 Å². The van der Waals surface area contributed by atoms with Crippen molar-refractivity contribution in [2.24, 2.45) is 0 Å². The smallest absolute Gasteiger partial charge is 0.377 e. The van der Waals surface area contributed by atoms with Gasteiger partial charge in [0.1, 0.15) is 10.7 Å². The molecular weight excluding hydrogens is 466 g/mol. The second-order valence-corrected chi connectivity index (χ2v) is 9.08. The molecule has 5 nitrogen and oxygen atoms in total. The number of hydrogen-bond donors (Lipinski definition) is 2. The molecule has 0 aliphatic carbocycles. The lowest BCUT2D eigenvalue weighted by molar-refractivity contribution is -0.137. The first-order valence-corrected chi connectivity index (χ1v) is 11.1. The highest BCUT2D eigenvalue weighted by Gasteiger charge is 2.33. The summed E-state index contributed by atoms with van der Waals surface area (Å²) in [6, 6.07) is 8.12. The number of thiazole rings is 1. The summed E-state index contributed by atoms with van der Waals surface area (Å²) in [7, 11) is -4.33. The lowest BCUT2D eigenvalue weighted by Gasteiger charge is -2.23. The van der Waals surface area contributed by atoms with Crippen LogP contribution in [-0.2, 0) is 10.0 Å². The summed E-state index contributed by atoms with van der Waals surface area (Å²) < 4.78 is 80.6. The highest BCUT2D eigenvalue weighted by Crippen LogP contribution is 2.36. The van der Waals surface area contributed by atoms with Crippen LogP contribution in [0.4, 0.5) is 28.4 Å². The van der Waals surface area contributed by atoms with Gasteiger partial charge in [0.05, 0.1) is 23.2 Å². The maximum atomic E-state index is 14.6. The maximum absolute atomic E-state index is 14.6. The number of nitrogens with one attached hydrogen (secondary N) is 2.